The van der Waals surface area contributed by atoms with Gasteiger partial charge in [-0.15, -0.1) is 0 Å². The monoisotopic (exact) mass is 295 g/mol. The summed E-state index contributed by atoms with van der Waals surface area (Å²) in [4.78, 5) is 14.2. The average Bonchev–Trinajstić information content (AvgIpc) is 2.73. The maximum atomic E-state index is 12.2. The number of halogens is 2. The third kappa shape index (κ3) is 5.17. The summed E-state index contributed by atoms with van der Waals surface area (Å²) >= 11 is 0. The van der Waals surface area contributed by atoms with Gasteiger partial charge in [0.05, 0.1) is 0 Å². The molecule has 1 fully saturated rings. The van der Waals surface area contributed by atoms with E-state index < -0.39 is 6.61 Å². The van der Waals surface area contributed by atoms with E-state index in [1.165, 1.54) is 37.1 Å². The van der Waals surface area contributed by atoms with Crippen molar-refractivity contribution in [1.29, 1.82) is 0 Å². The molecule has 1 saturated heterocycles. The minimum Gasteiger partial charge on any atom is -0.435 e. The molecule has 0 aliphatic carbocycles. The first-order chi connectivity index (χ1) is 10.1. The zero-order valence-electron chi connectivity index (χ0n) is 11.8. The molecule has 0 bridgehead atoms. The van der Waals surface area contributed by atoms with E-state index >= 15 is 0 Å². The summed E-state index contributed by atoms with van der Waals surface area (Å²) in [5, 5.41) is 0. The van der Waals surface area contributed by atoms with Gasteiger partial charge in [-0.05, 0) is 25.0 Å². The molecule has 1 heterocycles. The van der Waals surface area contributed by atoms with Crippen LogP contribution in [0.15, 0.2) is 36.5 Å². The van der Waals surface area contributed by atoms with Crippen LogP contribution in [0.3, 0.4) is 0 Å². The maximum Gasteiger partial charge on any atom is 0.387 e. The van der Waals surface area contributed by atoms with Gasteiger partial charge in [-0.1, -0.05) is 25.0 Å². The molecule has 2 rings (SSSR count). The van der Waals surface area contributed by atoms with E-state index in [2.05, 4.69) is 9.64 Å². The second-order valence-electron chi connectivity index (χ2n) is 5.04. The van der Waals surface area contributed by atoms with Crippen LogP contribution in [0.25, 0.3) is 0 Å². The summed E-state index contributed by atoms with van der Waals surface area (Å²) in [6, 6.07) is 5.86. The Morgan fingerprint density at radius 3 is 2.57 bits per heavy atom. The lowest BCUT2D eigenvalue weighted by Gasteiger charge is -2.16. The fourth-order valence-corrected chi connectivity index (χ4v) is 2.34. The molecule has 21 heavy (non-hydrogen) atoms. The Kier molecular flexibility index (Phi) is 5.72. The number of ketones is 1. The van der Waals surface area contributed by atoms with Crippen LogP contribution >= 0.6 is 0 Å². The lowest BCUT2D eigenvalue weighted by molar-refractivity contribution is -0.0498. The normalized spacial score (nSPS) is 16.2. The van der Waals surface area contributed by atoms with Crippen LogP contribution < -0.4 is 4.74 Å². The molecular weight excluding hydrogens is 276 g/mol. The van der Waals surface area contributed by atoms with Gasteiger partial charge in [-0.3, -0.25) is 4.79 Å². The van der Waals surface area contributed by atoms with Crippen molar-refractivity contribution in [2.45, 2.75) is 32.3 Å². The summed E-state index contributed by atoms with van der Waals surface area (Å²) in [5.74, 6) is -0.210. The number of nitrogens with zero attached hydrogens (tertiary/aromatic N) is 1. The highest BCUT2D eigenvalue weighted by Crippen LogP contribution is 2.17. The lowest BCUT2D eigenvalue weighted by Crippen LogP contribution is -2.18. The second kappa shape index (κ2) is 7.76. The van der Waals surface area contributed by atoms with E-state index in [0.717, 1.165) is 25.9 Å². The van der Waals surface area contributed by atoms with Crippen LogP contribution in [0.1, 0.15) is 36.0 Å². The third-order valence-electron chi connectivity index (χ3n) is 3.42. The van der Waals surface area contributed by atoms with Gasteiger partial charge in [0.1, 0.15) is 5.75 Å². The Hall–Kier alpha value is -1.91. The van der Waals surface area contributed by atoms with Gasteiger partial charge in [0.15, 0.2) is 5.78 Å². The number of rotatable bonds is 5. The molecule has 0 atom stereocenters. The van der Waals surface area contributed by atoms with Crippen molar-refractivity contribution in [3.05, 3.63) is 42.1 Å². The Balaban J connectivity index is 1.98. The molecule has 0 amide bonds. The highest BCUT2D eigenvalue weighted by atomic mass is 19.3. The SMILES string of the molecule is O=C(/C=C/N1CCCCCC1)c1cccc(OC(F)F)c1. The highest BCUT2D eigenvalue weighted by Gasteiger charge is 2.09. The Bertz CT molecular complexity index is 495. The average molecular weight is 295 g/mol. The van der Waals surface area contributed by atoms with E-state index in [9.17, 15) is 13.6 Å². The van der Waals surface area contributed by atoms with Crippen LogP contribution in [0, 0.1) is 0 Å². The van der Waals surface area contributed by atoms with E-state index in [4.69, 9.17) is 0 Å². The van der Waals surface area contributed by atoms with Crippen molar-refractivity contribution in [2.75, 3.05) is 13.1 Å². The van der Waals surface area contributed by atoms with E-state index in [1.54, 1.807) is 12.3 Å². The molecule has 1 aromatic rings. The number of benzene rings is 1. The highest BCUT2D eigenvalue weighted by molar-refractivity contribution is 6.04. The predicted molar refractivity (Wildman–Crippen MR) is 76.6 cm³/mol. The number of ether oxygens (including phenoxy) is 1. The minimum atomic E-state index is -2.89. The molecular formula is C16H19F2NO2. The number of hydrogen-bond donors (Lipinski definition) is 0. The van der Waals surface area contributed by atoms with Crippen molar-refractivity contribution >= 4 is 5.78 Å². The standard InChI is InChI=1S/C16H19F2NO2/c17-16(18)21-14-7-5-6-13(12-14)15(20)8-11-19-9-3-1-2-4-10-19/h5-8,11-12,16H,1-4,9-10H2/b11-8+. The topological polar surface area (TPSA) is 29.5 Å². The smallest absolute Gasteiger partial charge is 0.387 e. The number of carbonyl (C=O) groups excluding carboxylic acids is 1. The second-order valence-corrected chi connectivity index (χ2v) is 5.04. The van der Waals surface area contributed by atoms with Gasteiger partial charge in [-0.25, -0.2) is 0 Å². The number of alkyl halides is 2. The van der Waals surface area contributed by atoms with Crippen molar-refractivity contribution in [3.8, 4) is 5.75 Å². The molecule has 3 nitrogen and oxygen atoms in total. The summed E-state index contributed by atoms with van der Waals surface area (Å²) in [6.07, 6.45) is 8.02. The first-order valence-corrected chi connectivity index (χ1v) is 7.16. The molecule has 114 valence electrons. The van der Waals surface area contributed by atoms with Gasteiger partial charge in [0, 0.05) is 30.9 Å². The molecule has 1 aliphatic rings. The predicted octanol–water partition coefficient (Wildman–Crippen LogP) is 3.86. The number of likely N-dealkylation sites (tertiary alicyclic amines) is 1. The first kappa shape index (κ1) is 15.5. The molecule has 0 N–H and O–H groups in total. The maximum absolute atomic E-state index is 12.2. The summed E-state index contributed by atoms with van der Waals surface area (Å²) in [7, 11) is 0. The number of hydrogen-bond acceptors (Lipinski definition) is 3. The van der Waals surface area contributed by atoms with Crippen molar-refractivity contribution in [1.82, 2.24) is 4.90 Å². The molecule has 0 unspecified atom stereocenters. The van der Waals surface area contributed by atoms with Crippen LogP contribution in [0.2, 0.25) is 0 Å². The van der Waals surface area contributed by atoms with Gasteiger partial charge in [0.25, 0.3) is 0 Å². The van der Waals surface area contributed by atoms with Crippen LogP contribution in [-0.4, -0.2) is 30.4 Å². The zero-order valence-corrected chi connectivity index (χ0v) is 11.8. The minimum absolute atomic E-state index is 0.000905. The van der Waals surface area contributed by atoms with Crippen LogP contribution in [0.5, 0.6) is 5.75 Å². The van der Waals surface area contributed by atoms with Crippen LogP contribution in [-0.2, 0) is 0 Å². The molecule has 5 heteroatoms. The lowest BCUT2D eigenvalue weighted by atomic mass is 10.1. The molecule has 1 aromatic carbocycles. The molecule has 1 aliphatic heterocycles. The summed E-state index contributed by atoms with van der Waals surface area (Å²) in [5.41, 5.74) is 0.347. The fourth-order valence-electron chi connectivity index (χ4n) is 2.34. The van der Waals surface area contributed by atoms with Gasteiger partial charge >= 0.3 is 6.61 Å². The molecule has 0 saturated carbocycles. The Labute approximate surface area is 123 Å². The zero-order chi connectivity index (χ0) is 15.1. The van der Waals surface area contributed by atoms with Crippen molar-refractivity contribution < 1.29 is 18.3 Å². The summed E-state index contributed by atoms with van der Waals surface area (Å²) in [6.45, 7) is -0.973. The summed E-state index contributed by atoms with van der Waals surface area (Å²) < 4.78 is 28.6. The fraction of sp³-hybridized carbons (Fsp3) is 0.438. The Morgan fingerprint density at radius 1 is 1.19 bits per heavy atom. The third-order valence-corrected chi connectivity index (χ3v) is 3.42. The van der Waals surface area contributed by atoms with Gasteiger partial charge in [-0.2, -0.15) is 8.78 Å². The molecule has 0 aromatic heterocycles. The van der Waals surface area contributed by atoms with E-state index in [-0.39, 0.29) is 11.5 Å². The van der Waals surface area contributed by atoms with Crippen molar-refractivity contribution in [2.24, 2.45) is 0 Å². The quantitative estimate of drug-likeness (QED) is 0.610. The molecule has 0 radical (unpaired) electrons. The largest absolute Gasteiger partial charge is 0.435 e. The number of carbonyl (C=O) groups is 1. The van der Waals surface area contributed by atoms with E-state index in [0.29, 0.717) is 5.56 Å². The van der Waals surface area contributed by atoms with E-state index in [1.807, 2.05) is 0 Å². The number of allylic oxidation sites excluding steroid dienone is 1. The van der Waals surface area contributed by atoms with Crippen molar-refractivity contribution in [3.63, 3.8) is 0 Å². The Morgan fingerprint density at radius 2 is 1.90 bits per heavy atom. The van der Waals surface area contributed by atoms with Crippen LogP contribution in [0.4, 0.5) is 8.78 Å². The van der Waals surface area contributed by atoms with Gasteiger partial charge in [0.2, 0.25) is 0 Å². The molecule has 0 spiro atoms. The van der Waals surface area contributed by atoms with Gasteiger partial charge < -0.3 is 9.64 Å². The first-order valence-electron chi connectivity index (χ1n) is 7.16.